The summed E-state index contributed by atoms with van der Waals surface area (Å²) in [5, 5.41) is 0. The molecule has 0 aliphatic heterocycles. The molecule has 0 spiro atoms. The van der Waals surface area contributed by atoms with Crippen LogP contribution in [0.1, 0.15) is 30.8 Å². The van der Waals surface area contributed by atoms with Gasteiger partial charge in [-0.2, -0.15) is 0 Å². The number of hydrogen-bond donors (Lipinski definition) is 0. The van der Waals surface area contributed by atoms with Gasteiger partial charge in [-0.1, -0.05) is 0 Å². The van der Waals surface area contributed by atoms with Crippen LogP contribution >= 0.6 is 11.6 Å². The zero-order valence-corrected chi connectivity index (χ0v) is 13.2. The van der Waals surface area contributed by atoms with Crippen LogP contribution in [0.2, 0.25) is 0 Å². The second-order valence-corrected chi connectivity index (χ2v) is 5.83. The Hall–Kier alpha value is -1.13. The third-order valence-electron chi connectivity index (χ3n) is 3.60. The quantitative estimate of drug-likeness (QED) is 0.784. The maximum Gasteiger partial charge on any atom is 0.128 e. The second-order valence-electron chi connectivity index (χ2n) is 5.56. The van der Waals surface area contributed by atoms with E-state index in [0.717, 1.165) is 24.3 Å². The number of hydrogen-bond acceptors (Lipinski definition) is 2. The van der Waals surface area contributed by atoms with Crippen LogP contribution in [0.15, 0.2) is 12.1 Å². The van der Waals surface area contributed by atoms with Crippen LogP contribution in [-0.4, -0.2) is 35.1 Å². The molecule has 0 bridgehead atoms. The minimum Gasteiger partial charge on any atom is -0.324 e. The minimum absolute atomic E-state index is 0.218. The van der Waals surface area contributed by atoms with Gasteiger partial charge < -0.3 is 9.47 Å². The van der Waals surface area contributed by atoms with Crippen LogP contribution in [0.5, 0.6) is 0 Å². The summed E-state index contributed by atoms with van der Waals surface area (Å²) in [7, 11) is 4.11. The third-order valence-corrected chi connectivity index (χ3v) is 3.84. The molecule has 1 aromatic carbocycles. The van der Waals surface area contributed by atoms with E-state index >= 15 is 0 Å². The number of benzene rings is 1. The molecule has 0 saturated heterocycles. The van der Waals surface area contributed by atoms with E-state index in [2.05, 4.69) is 35.5 Å². The minimum atomic E-state index is -0.218. The highest BCUT2D eigenvalue weighted by molar-refractivity contribution is 6.16. The van der Waals surface area contributed by atoms with Gasteiger partial charge in [-0.05, 0) is 52.5 Å². The number of aryl methyl sites for hydroxylation is 1. The lowest BCUT2D eigenvalue weighted by Gasteiger charge is -2.19. The molecule has 0 N–H and O–H groups in total. The molecule has 110 valence electrons. The molecule has 20 heavy (non-hydrogen) atoms. The van der Waals surface area contributed by atoms with E-state index < -0.39 is 0 Å². The molecule has 1 heterocycles. The fourth-order valence-corrected chi connectivity index (χ4v) is 2.62. The number of rotatable bonds is 5. The van der Waals surface area contributed by atoms with E-state index in [1.54, 1.807) is 6.92 Å². The summed E-state index contributed by atoms with van der Waals surface area (Å²) in [6.07, 6.45) is 0.999. The lowest BCUT2D eigenvalue weighted by atomic mass is 10.1. The predicted octanol–water partition coefficient (Wildman–Crippen LogP) is 3.74. The van der Waals surface area contributed by atoms with Gasteiger partial charge in [0.2, 0.25) is 0 Å². The van der Waals surface area contributed by atoms with Gasteiger partial charge in [-0.15, -0.1) is 11.6 Å². The molecular weight excluding hydrogens is 277 g/mol. The lowest BCUT2D eigenvalue weighted by molar-refractivity contribution is 0.358. The number of fused-ring (bicyclic) bond motifs is 1. The van der Waals surface area contributed by atoms with Crippen LogP contribution in [-0.2, 0) is 5.88 Å². The summed E-state index contributed by atoms with van der Waals surface area (Å²) in [5.41, 5.74) is 2.28. The molecule has 1 aromatic heterocycles. The molecule has 5 heteroatoms. The van der Waals surface area contributed by atoms with Crippen molar-refractivity contribution in [1.82, 2.24) is 14.5 Å². The van der Waals surface area contributed by atoms with E-state index in [0.29, 0.717) is 17.0 Å². The first-order chi connectivity index (χ1) is 9.43. The highest BCUT2D eigenvalue weighted by Gasteiger charge is 2.16. The summed E-state index contributed by atoms with van der Waals surface area (Å²) in [6.45, 7) is 4.92. The molecule has 2 aromatic rings. The van der Waals surface area contributed by atoms with E-state index in [1.165, 1.54) is 6.07 Å². The first kappa shape index (κ1) is 15.3. The fraction of sp³-hybridized carbons (Fsp3) is 0.533. The molecule has 0 fully saturated rings. The average Bonchev–Trinajstić information content (AvgIpc) is 2.74. The van der Waals surface area contributed by atoms with Gasteiger partial charge >= 0.3 is 0 Å². The van der Waals surface area contributed by atoms with Crippen molar-refractivity contribution in [2.45, 2.75) is 32.2 Å². The smallest absolute Gasteiger partial charge is 0.128 e. The first-order valence-electron chi connectivity index (χ1n) is 6.81. The van der Waals surface area contributed by atoms with E-state index in [1.807, 2.05) is 6.07 Å². The number of imidazole rings is 1. The number of halogens is 2. The van der Waals surface area contributed by atoms with Crippen molar-refractivity contribution in [3.8, 4) is 0 Å². The summed E-state index contributed by atoms with van der Waals surface area (Å²) in [4.78, 5) is 6.61. The summed E-state index contributed by atoms with van der Waals surface area (Å²) in [5.74, 6) is 0.920. The molecule has 1 unspecified atom stereocenters. The molecule has 1 atom stereocenters. The first-order valence-corrected chi connectivity index (χ1v) is 7.35. The third kappa shape index (κ3) is 2.96. The fourth-order valence-electron chi connectivity index (χ4n) is 2.43. The molecule has 3 nitrogen and oxygen atoms in total. The molecule has 2 rings (SSSR count). The Balaban J connectivity index is 2.46. The highest BCUT2D eigenvalue weighted by atomic mass is 35.5. The maximum atomic E-state index is 13.7. The lowest BCUT2D eigenvalue weighted by Crippen LogP contribution is -2.18. The van der Waals surface area contributed by atoms with E-state index in [-0.39, 0.29) is 11.9 Å². The zero-order valence-electron chi connectivity index (χ0n) is 12.5. The molecule has 0 aliphatic carbocycles. The van der Waals surface area contributed by atoms with Crippen molar-refractivity contribution in [2.24, 2.45) is 0 Å². The van der Waals surface area contributed by atoms with Crippen LogP contribution in [0.3, 0.4) is 0 Å². The van der Waals surface area contributed by atoms with Gasteiger partial charge in [0, 0.05) is 12.1 Å². The van der Waals surface area contributed by atoms with Crippen molar-refractivity contribution in [3.05, 3.63) is 29.3 Å². The molecule has 0 amide bonds. The average molecular weight is 298 g/mol. The molecule has 0 aliphatic rings. The zero-order chi connectivity index (χ0) is 14.9. The van der Waals surface area contributed by atoms with Gasteiger partial charge in [0.15, 0.2) is 0 Å². The number of nitrogens with zero attached hydrogens (tertiary/aromatic N) is 3. The summed E-state index contributed by atoms with van der Waals surface area (Å²) >= 11 is 6.00. The Bertz CT molecular complexity index is 607. The van der Waals surface area contributed by atoms with Crippen LogP contribution in [0, 0.1) is 12.7 Å². The molecule has 0 radical (unpaired) electrons. The Morgan fingerprint density at radius 3 is 2.70 bits per heavy atom. The van der Waals surface area contributed by atoms with Gasteiger partial charge in [-0.25, -0.2) is 9.37 Å². The normalized spacial score (nSPS) is 13.3. The largest absolute Gasteiger partial charge is 0.324 e. The van der Waals surface area contributed by atoms with Crippen LogP contribution in [0.25, 0.3) is 11.0 Å². The Kier molecular flexibility index (Phi) is 4.66. The summed E-state index contributed by atoms with van der Waals surface area (Å²) in [6, 6.07) is 3.64. The second kappa shape index (κ2) is 6.10. The predicted molar refractivity (Wildman–Crippen MR) is 81.9 cm³/mol. The van der Waals surface area contributed by atoms with Crippen molar-refractivity contribution in [1.29, 1.82) is 0 Å². The van der Waals surface area contributed by atoms with Crippen molar-refractivity contribution >= 4 is 22.6 Å². The van der Waals surface area contributed by atoms with E-state index in [4.69, 9.17) is 11.6 Å². The Morgan fingerprint density at radius 1 is 1.40 bits per heavy atom. The standard InChI is InChI=1S/C15H21ClFN3/c1-10-7-14-13(8-12(10)17)18-15(9-16)20(14)11(2)5-6-19(3)4/h7-8,11H,5-6,9H2,1-4H3. The maximum absolute atomic E-state index is 13.7. The Morgan fingerprint density at radius 2 is 2.10 bits per heavy atom. The van der Waals surface area contributed by atoms with Gasteiger partial charge in [0.05, 0.1) is 16.9 Å². The van der Waals surface area contributed by atoms with Gasteiger partial charge in [0.1, 0.15) is 11.6 Å². The number of aromatic nitrogens is 2. The van der Waals surface area contributed by atoms with Gasteiger partial charge in [0.25, 0.3) is 0 Å². The Labute approximate surface area is 124 Å². The van der Waals surface area contributed by atoms with Crippen LogP contribution in [0.4, 0.5) is 4.39 Å². The van der Waals surface area contributed by atoms with Gasteiger partial charge in [-0.3, -0.25) is 0 Å². The highest BCUT2D eigenvalue weighted by Crippen LogP contribution is 2.26. The van der Waals surface area contributed by atoms with Crippen molar-refractivity contribution in [2.75, 3.05) is 20.6 Å². The van der Waals surface area contributed by atoms with Crippen molar-refractivity contribution in [3.63, 3.8) is 0 Å². The van der Waals surface area contributed by atoms with Crippen LogP contribution < -0.4 is 0 Å². The monoisotopic (exact) mass is 297 g/mol. The van der Waals surface area contributed by atoms with E-state index in [9.17, 15) is 4.39 Å². The summed E-state index contributed by atoms with van der Waals surface area (Å²) < 4.78 is 15.8. The SMILES string of the molecule is Cc1cc2c(cc1F)nc(CCl)n2C(C)CCN(C)C. The number of alkyl halides is 1. The molecular formula is C15H21ClFN3. The van der Waals surface area contributed by atoms with Crippen molar-refractivity contribution < 1.29 is 4.39 Å². The topological polar surface area (TPSA) is 21.1 Å². The molecule has 0 saturated carbocycles.